The molecule has 62 valence electrons. The Morgan fingerprint density at radius 3 is 2.27 bits per heavy atom. The maximum absolute atomic E-state index is 10.6. The zero-order valence-corrected chi connectivity index (χ0v) is 7.66. The Bertz CT molecular complexity index is 369. The number of halogens is 2. The molecule has 1 aromatic heterocycles. The molecule has 0 saturated heterocycles. The fraction of sp³-hybridized carbons (Fsp3) is 0.250. The van der Waals surface area contributed by atoms with Crippen LogP contribution >= 0.6 is 22.3 Å². The molecule has 1 aromatic rings. The standard InChI is InChI=1S/C4H3Cl2NO3S/c1-2-3(5)4(10-7-2)11(6,8)9/h1H3. The highest BCUT2D eigenvalue weighted by molar-refractivity contribution is 8.13. The van der Waals surface area contributed by atoms with Gasteiger partial charge in [0.05, 0.1) is 0 Å². The summed E-state index contributed by atoms with van der Waals surface area (Å²) in [5, 5.41) is 2.74. The first-order chi connectivity index (χ1) is 4.93. The molecule has 0 amide bonds. The molecule has 0 radical (unpaired) electrons. The maximum Gasteiger partial charge on any atom is 0.298 e. The summed E-state index contributed by atoms with van der Waals surface area (Å²) >= 11 is 5.47. The van der Waals surface area contributed by atoms with Gasteiger partial charge in [0.1, 0.15) is 10.7 Å². The van der Waals surface area contributed by atoms with Crippen LogP contribution in [-0.4, -0.2) is 13.6 Å². The Labute approximate surface area is 72.5 Å². The van der Waals surface area contributed by atoms with Crippen molar-refractivity contribution < 1.29 is 12.9 Å². The summed E-state index contributed by atoms with van der Waals surface area (Å²) < 4.78 is 25.6. The van der Waals surface area contributed by atoms with Crippen molar-refractivity contribution in [1.29, 1.82) is 0 Å². The molecule has 0 aliphatic carbocycles. The van der Waals surface area contributed by atoms with Gasteiger partial charge in [-0.25, -0.2) is 8.42 Å². The molecular weight excluding hydrogens is 213 g/mol. The Morgan fingerprint density at radius 1 is 1.55 bits per heavy atom. The van der Waals surface area contributed by atoms with E-state index >= 15 is 0 Å². The molecule has 4 nitrogen and oxygen atoms in total. The lowest BCUT2D eigenvalue weighted by molar-refractivity contribution is 0.338. The van der Waals surface area contributed by atoms with E-state index in [1.54, 1.807) is 0 Å². The van der Waals surface area contributed by atoms with Crippen LogP contribution in [0.25, 0.3) is 0 Å². The van der Waals surface area contributed by atoms with Crippen molar-refractivity contribution in [2.24, 2.45) is 0 Å². The van der Waals surface area contributed by atoms with Crippen molar-refractivity contribution in [2.45, 2.75) is 12.0 Å². The van der Waals surface area contributed by atoms with Gasteiger partial charge in [0.15, 0.2) is 0 Å². The smallest absolute Gasteiger partial charge is 0.298 e. The summed E-state index contributed by atoms with van der Waals surface area (Å²) in [6.07, 6.45) is 0. The lowest BCUT2D eigenvalue weighted by atomic mass is 10.5. The van der Waals surface area contributed by atoms with Gasteiger partial charge in [-0.3, -0.25) is 0 Å². The average Bonchev–Trinajstić information content (AvgIpc) is 2.11. The number of hydrogen-bond donors (Lipinski definition) is 0. The van der Waals surface area contributed by atoms with Crippen molar-refractivity contribution >= 4 is 31.3 Å². The highest BCUT2D eigenvalue weighted by atomic mass is 35.7. The van der Waals surface area contributed by atoms with Crippen LogP contribution in [-0.2, 0) is 9.05 Å². The molecule has 0 N–H and O–H groups in total. The van der Waals surface area contributed by atoms with Gasteiger partial charge in [-0.2, -0.15) is 0 Å². The molecule has 0 fully saturated rings. The third-order valence-electron chi connectivity index (χ3n) is 0.984. The van der Waals surface area contributed by atoms with E-state index in [4.69, 9.17) is 22.3 Å². The Balaban J connectivity index is 3.38. The minimum Gasteiger partial charge on any atom is -0.341 e. The minimum atomic E-state index is -3.90. The fourth-order valence-corrected chi connectivity index (χ4v) is 1.79. The molecule has 7 heteroatoms. The van der Waals surface area contributed by atoms with E-state index in [0.29, 0.717) is 5.69 Å². The monoisotopic (exact) mass is 215 g/mol. The second kappa shape index (κ2) is 2.66. The number of aromatic nitrogens is 1. The van der Waals surface area contributed by atoms with Gasteiger partial charge in [0.2, 0.25) is 0 Å². The van der Waals surface area contributed by atoms with Gasteiger partial charge < -0.3 is 4.52 Å². The van der Waals surface area contributed by atoms with E-state index in [2.05, 4.69) is 9.68 Å². The highest BCUT2D eigenvalue weighted by Crippen LogP contribution is 2.26. The Morgan fingerprint density at radius 2 is 2.09 bits per heavy atom. The number of aryl methyl sites for hydroxylation is 1. The van der Waals surface area contributed by atoms with Crippen molar-refractivity contribution in [1.82, 2.24) is 5.16 Å². The lowest BCUT2D eigenvalue weighted by Gasteiger charge is -1.85. The van der Waals surface area contributed by atoms with Crippen molar-refractivity contribution in [3.63, 3.8) is 0 Å². The SMILES string of the molecule is Cc1noc(S(=O)(=O)Cl)c1Cl. The predicted octanol–water partition coefficient (Wildman–Crippen LogP) is 1.56. The zero-order chi connectivity index (χ0) is 8.65. The zero-order valence-electron chi connectivity index (χ0n) is 5.34. The first-order valence-electron chi connectivity index (χ1n) is 2.49. The van der Waals surface area contributed by atoms with Gasteiger partial charge in [-0.15, -0.1) is 0 Å². The molecule has 0 unspecified atom stereocenters. The number of nitrogens with zero attached hydrogens (tertiary/aromatic N) is 1. The molecule has 0 aliphatic rings. The van der Waals surface area contributed by atoms with Gasteiger partial charge in [0, 0.05) is 10.7 Å². The van der Waals surface area contributed by atoms with Crippen molar-refractivity contribution in [2.75, 3.05) is 0 Å². The highest BCUT2D eigenvalue weighted by Gasteiger charge is 2.22. The van der Waals surface area contributed by atoms with E-state index in [1.807, 2.05) is 0 Å². The maximum atomic E-state index is 10.6. The van der Waals surface area contributed by atoms with Gasteiger partial charge in [-0.05, 0) is 6.92 Å². The largest absolute Gasteiger partial charge is 0.341 e. The van der Waals surface area contributed by atoms with E-state index in [-0.39, 0.29) is 5.02 Å². The lowest BCUT2D eigenvalue weighted by Crippen LogP contribution is -1.87. The summed E-state index contributed by atoms with van der Waals surface area (Å²) in [7, 11) is 1.03. The third-order valence-corrected chi connectivity index (χ3v) is 2.68. The third kappa shape index (κ3) is 1.66. The van der Waals surface area contributed by atoms with Crippen LogP contribution < -0.4 is 0 Å². The molecule has 0 saturated carbocycles. The second-order valence-electron chi connectivity index (χ2n) is 1.81. The quantitative estimate of drug-likeness (QED) is 0.668. The molecule has 0 atom stereocenters. The summed E-state index contributed by atoms with van der Waals surface area (Å²) in [5.74, 6) is 0. The van der Waals surface area contributed by atoms with Gasteiger partial charge >= 0.3 is 0 Å². The summed E-state index contributed by atoms with van der Waals surface area (Å²) in [5.41, 5.74) is 0.297. The van der Waals surface area contributed by atoms with Crippen LogP contribution in [0.4, 0.5) is 0 Å². The molecule has 0 spiro atoms. The Kier molecular flexibility index (Phi) is 2.13. The summed E-state index contributed by atoms with van der Waals surface area (Å²) in [4.78, 5) is 0. The van der Waals surface area contributed by atoms with Gasteiger partial charge in [-0.1, -0.05) is 16.8 Å². The molecule has 0 bridgehead atoms. The average molecular weight is 216 g/mol. The number of hydrogen-bond acceptors (Lipinski definition) is 4. The molecule has 1 rings (SSSR count). The molecule has 0 aromatic carbocycles. The minimum absolute atomic E-state index is 0.0694. The Hall–Kier alpha value is -0.260. The first kappa shape index (κ1) is 8.83. The van der Waals surface area contributed by atoms with Crippen LogP contribution in [0.2, 0.25) is 5.02 Å². The molecule has 0 aliphatic heterocycles. The predicted molar refractivity (Wildman–Crippen MR) is 39.3 cm³/mol. The van der Waals surface area contributed by atoms with Crippen molar-refractivity contribution in [3.8, 4) is 0 Å². The summed E-state index contributed by atoms with van der Waals surface area (Å²) in [6, 6.07) is 0. The van der Waals surface area contributed by atoms with E-state index in [9.17, 15) is 8.42 Å². The molecule has 11 heavy (non-hydrogen) atoms. The van der Waals surface area contributed by atoms with Crippen LogP contribution in [0.5, 0.6) is 0 Å². The first-order valence-corrected chi connectivity index (χ1v) is 5.18. The van der Waals surface area contributed by atoms with Crippen molar-refractivity contribution in [3.05, 3.63) is 10.7 Å². The molecule has 1 heterocycles. The number of rotatable bonds is 1. The van der Waals surface area contributed by atoms with E-state index in [1.165, 1.54) is 6.92 Å². The second-order valence-corrected chi connectivity index (χ2v) is 4.65. The van der Waals surface area contributed by atoms with Crippen LogP contribution in [0.3, 0.4) is 0 Å². The summed E-state index contributed by atoms with van der Waals surface area (Å²) in [6.45, 7) is 1.51. The van der Waals surface area contributed by atoms with Crippen LogP contribution in [0.1, 0.15) is 5.69 Å². The van der Waals surface area contributed by atoms with E-state index in [0.717, 1.165) is 0 Å². The van der Waals surface area contributed by atoms with Crippen LogP contribution in [0.15, 0.2) is 9.62 Å². The molecular formula is C4H3Cl2NO3S. The van der Waals surface area contributed by atoms with Crippen LogP contribution in [0, 0.1) is 6.92 Å². The fourth-order valence-electron chi connectivity index (χ4n) is 0.489. The topological polar surface area (TPSA) is 60.2 Å². The van der Waals surface area contributed by atoms with Gasteiger partial charge in [0.25, 0.3) is 14.1 Å². The normalized spacial score (nSPS) is 11.9. The van der Waals surface area contributed by atoms with E-state index < -0.39 is 14.1 Å².